The first-order chi connectivity index (χ1) is 11.6. The van der Waals surface area contributed by atoms with Crippen LogP contribution < -0.4 is 14.2 Å². The van der Waals surface area contributed by atoms with Crippen molar-refractivity contribution in [2.45, 2.75) is 13.0 Å². The van der Waals surface area contributed by atoms with Gasteiger partial charge in [0.2, 0.25) is 11.7 Å². The number of ether oxygens (including phenoxy) is 3. The van der Waals surface area contributed by atoms with Crippen molar-refractivity contribution in [3.05, 3.63) is 47.8 Å². The Morgan fingerprint density at radius 2 is 1.75 bits per heavy atom. The zero-order valence-corrected chi connectivity index (χ0v) is 14.4. The molecule has 0 saturated heterocycles. The van der Waals surface area contributed by atoms with E-state index >= 15 is 0 Å². The Balaban J connectivity index is 2.13. The van der Waals surface area contributed by atoms with E-state index in [9.17, 15) is 4.79 Å². The summed E-state index contributed by atoms with van der Waals surface area (Å²) in [5.41, 5.74) is 1.78. The predicted molar refractivity (Wildman–Crippen MR) is 90.5 cm³/mol. The number of nitrogens with zero attached hydrogens (tertiary/aromatic N) is 2. The normalized spacial score (nSPS) is 10.2. The van der Waals surface area contributed by atoms with Crippen molar-refractivity contribution in [3.8, 4) is 17.2 Å². The number of hydrogen-bond donors (Lipinski definition) is 0. The Labute approximate surface area is 142 Å². The molecule has 0 bridgehead atoms. The van der Waals surface area contributed by atoms with E-state index in [0.29, 0.717) is 23.8 Å². The Morgan fingerprint density at radius 1 is 1.08 bits per heavy atom. The number of amides is 1. The predicted octanol–water partition coefficient (Wildman–Crippen LogP) is 2.31. The first-order valence-corrected chi connectivity index (χ1v) is 7.50. The van der Waals surface area contributed by atoms with Crippen molar-refractivity contribution in [1.82, 2.24) is 9.88 Å². The van der Waals surface area contributed by atoms with Gasteiger partial charge in [0, 0.05) is 26.0 Å². The number of carbonyl (C=O) groups excluding carboxylic acids is 1. The van der Waals surface area contributed by atoms with Gasteiger partial charge in [-0.2, -0.15) is 0 Å². The molecule has 1 aromatic carbocycles. The molecule has 0 radical (unpaired) electrons. The molecule has 0 unspecified atom stereocenters. The van der Waals surface area contributed by atoms with Crippen molar-refractivity contribution < 1.29 is 19.0 Å². The molecular formula is C18H22N2O4. The standard InChI is InChI=1S/C18H22N2O4/c1-20(12-13-6-5-7-19-11-13)17(21)10-14-8-15(22-2)18(24-4)16(9-14)23-3/h5-9,11H,10,12H2,1-4H3. The zero-order chi connectivity index (χ0) is 17.5. The Kier molecular flexibility index (Phi) is 6.01. The average molecular weight is 330 g/mol. The van der Waals surface area contributed by atoms with Crippen molar-refractivity contribution >= 4 is 5.91 Å². The minimum Gasteiger partial charge on any atom is -0.493 e. The van der Waals surface area contributed by atoms with Crippen LogP contribution in [0.1, 0.15) is 11.1 Å². The highest BCUT2D eigenvalue weighted by molar-refractivity contribution is 5.79. The van der Waals surface area contributed by atoms with Crippen LogP contribution in [0.5, 0.6) is 17.2 Å². The fourth-order valence-electron chi connectivity index (χ4n) is 2.40. The van der Waals surface area contributed by atoms with Crippen molar-refractivity contribution in [2.75, 3.05) is 28.4 Å². The monoisotopic (exact) mass is 330 g/mol. The molecule has 2 rings (SSSR count). The summed E-state index contributed by atoms with van der Waals surface area (Å²) < 4.78 is 15.9. The second-order valence-corrected chi connectivity index (χ2v) is 5.32. The summed E-state index contributed by atoms with van der Waals surface area (Å²) in [5.74, 6) is 1.58. The summed E-state index contributed by atoms with van der Waals surface area (Å²) >= 11 is 0. The van der Waals surface area contributed by atoms with Crippen LogP contribution in [-0.2, 0) is 17.8 Å². The van der Waals surface area contributed by atoms with Gasteiger partial charge in [-0.3, -0.25) is 9.78 Å². The van der Waals surface area contributed by atoms with Crippen LogP contribution in [0.15, 0.2) is 36.7 Å². The highest BCUT2D eigenvalue weighted by Gasteiger charge is 2.16. The molecule has 24 heavy (non-hydrogen) atoms. The van der Waals surface area contributed by atoms with Gasteiger partial charge in [-0.05, 0) is 29.3 Å². The molecule has 1 aromatic heterocycles. The topological polar surface area (TPSA) is 60.9 Å². The molecule has 6 nitrogen and oxygen atoms in total. The lowest BCUT2D eigenvalue weighted by molar-refractivity contribution is -0.129. The minimum atomic E-state index is -0.00636. The number of carbonyl (C=O) groups is 1. The third-order valence-corrected chi connectivity index (χ3v) is 3.65. The summed E-state index contributed by atoms with van der Waals surface area (Å²) in [6.45, 7) is 0.511. The number of pyridine rings is 1. The van der Waals surface area contributed by atoms with Gasteiger partial charge in [-0.1, -0.05) is 6.07 Å². The van der Waals surface area contributed by atoms with Gasteiger partial charge in [-0.15, -0.1) is 0 Å². The van der Waals surface area contributed by atoms with E-state index in [1.807, 2.05) is 12.1 Å². The van der Waals surface area contributed by atoms with Crippen LogP contribution in [0.3, 0.4) is 0 Å². The van der Waals surface area contributed by atoms with Gasteiger partial charge in [0.15, 0.2) is 11.5 Å². The van der Waals surface area contributed by atoms with Gasteiger partial charge in [0.1, 0.15) is 0 Å². The number of likely N-dealkylation sites (N-methyl/N-ethyl adjacent to an activating group) is 1. The van der Waals surface area contributed by atoms with Crippen LogP contribution >= 0.6 is 0 Å². The number of hydrogen-bond acceptors (Lipinski definition) is 5. The first-order valence-electron chi connectivity index (χ1n) is 7.50. The van der Waals surface area contributed by atoms with Crippen LogP contribution in [0.2, 0.25) is 0 Å². The van der Waals surface area contributed by atoms with E-state index in [2.05, 4.69) is 4.98 Å². The molecule has 6 heteroatoms. The molecule has 0 aliphatic heterocycles. The Hall–Kier alpha value is -2.76. The Bertz CT molecular complexity index is 664. The third-order valence-electron chi connectivity index (χ3n) is 3.65. The van der Waals surface area contributed by atoms with Crippen LogP contribution in [0.4, 0.5) is 0 Å². The van der Waals surface area contributed by atoms with Gasteiger partial charge < -0.3 is 19.1 Å². The zero-order valence-electron chi connectivity index (χ0n) is 14.4. The largest absolute Gasteiger partial charge is 0.493 e. The van der Waals surface area contributed by atoms with E-state index in [1.165, 1.54) is 0 Å². The summed E-state index contributed by atoms with van der Waals surface area (Å²) in [6.07, 6.45) is 3.71. The molecule has 0 aliphatic carbocycles. The number of rotatable bonds is 7. The lowest BCUT2D eigenvalue weighted by Gasteiger charge is -2.18. The lowest BCUT2D eigenvalue weighted by atomic mass is 10.1. The molecule has 0 aliphatic rings. The second kappa shape index (κ2) is 8.19. The fourth-order valence-corrected chi connectivity index (χ4v) is 2.40. The van der Waals surface area contributed by atoms with E-state index in [1.54, 1.807) is 57.8 Å². The summed E-state index contributed by atoms with van der Waals surface area (Å²) in [4.78, 5) is 18.2. The van der Waals surface area contributed by atoms with Gasteiger partial charge in [0.25, 0.3) is 0 Å². The summed E-state index contributed by atoms with van der Waals surface area (Å²) in [7, 11) is 6.43. The summed E-state index contributed by atoms with van der Waals surface area (Å²) in [6, 6.07) is 7.37. The first kappa shape index (κ1) is 17.6. The van der Waals surface area contributed by atoms with Gasteiger partial charge >= 0.3 is 0 Å². The Morgan fingerprint density at radius 3 is 2.25 bits per heavy atom. The molecular weight excluding hydrogens is 308 g/mol. The second-order valence-electron chi connectivity index (χ2n) is 5.32. The third kappa shape index (κ3) is 4.16. The van der Waals surface area contributed by atoms with Gasteiger partial charge in [-0.25, -0.2) is 0 Å². The molecule has 0 N–H and O–H groups in total. The molecule has 0 atom stereocenters. The smallest absolute Gasteiger partial charge is 0.227 e. The molecule has 2 aromatic rings. The molecule has 1 heterocycles. The summed E-state index contributed by atoms with van der Waals surface area (Å²) in [5, 5.41) is 0. The van der Waals surface area contributed by atoms with Crippen LogP contribution in [0.25, 0.3) is 0 Å². The number of methoxy groups -OCH3 is 3. The van der Waals surface area contributed by atoms with E-state index < -0.39 is 0 Å². The van der Waals surface area contributed by atoms with Crippen molar-refractivity contribution in [2.24, 2.45) is 0 Å². The minimum absolute atomic E-state index is 0.00636. The maximum absolute atomic E-state index is 12.5. The average Bonchev–Trinajstić information content (AvgIpc) is 2.61. The van der Waals surface area contributed by atoms with Crippen LogP contribution in [0, 0.1) is 0 Å². The van der Waals surface area contributed by atoms with E-state index in [-0.39, 0.29) is 12.3 Å². The lowest BCUT2D eigenvalue weighted by Crippen LogP contribution is -2.27. The van der Waals surface area contributed by atoms with E-state index in [4.69, 9.17) is 14.2 Å². The maximum Gasteiger partial charge on any atom is 0.227 e. The molecule has 0 fully saturated rings. The number of benzene rings is 1. The van der Waals surface area contributed by atoms with Crippen molar-refractivity contribution in [3.63, 3.8) is 0 Å². The van der Waals surface area contributed by atoms with Gasteiger partial charge in [0.05, 0.1) is 27.8 Å². The van der Waals surface area contributed by atoms with E-state index in [0.717, 1.165) is 11.1 Å². The van der Waals surface area contributed by atoms with Crippen LogP contribution in [-0.4, -0.2) is 44.2 Å². The van der Waals surface area contributed by atoms with Crippen molar-refractivity contribution in [1.29, 1.82) is 0 Å². The fraction of sp³-hybridized carbons (Fsp3) is 0.333. The number of aromatic nitrogens is 1. The maximum atomic E-state index is 12.5. The molecule has 1 amide bonds. The molecule has 0 spiro atoms. The SMILES string of the molecule is COc1cc(CC(=O)N(C)Cc2cccnc2)cc(OC)c1OC. The molecule has 128 valence electrons. The highest BCUT2D eigenvalue weighted by atomic mass is 16.5. The highest BCUT2D eigenvalue weighted by Crippen LogP contribution is 2.38. The quantitative estimate of drug-likeness (QED) is 0.780. The molecule has 0 saturated carbocycles.